The van der Waals surface area contributed by atoms with Crippen molar-refractivity contribution in [2.45, 2.75) is 13.3 Å². The minimum atomic E-state index is -0.210. The third kappa shape index (κ3) is 3.94. The van der Waals surface area contributed by atoms with E-state index in [2.05, 4.69) is 22.4 Å². The Bertz CT molecular complexity index is 789. The summed E-state index contributed by atoms with van der Waals surface area (Å²) < 4.78 is 1.58. The number of carbonyl (C=O) groups is 2. The number of aryl methyl sites for hydroxylation is 2. The number of carbonyl (C=O) groups excluding carboxylic acids is 2. The predicted molar refractivity (Wildman–Crippen MR) is 100 cm³/mol. The number of nitrogens with zero attached hydrogens (tertiary/aromatic N) is 4. The maximum Gasteiger partial charge on any atom is 0.273 e. The molecule has 7 heteroatoms. The second-order valence-corrected chi connectivity index (χ2v) is 6.63. The van der Waals surface area contributed by atoms with E-state index in [0.717, 1.165) is 38.3 Å². The predicted octanol–water partition coefficient (Wildman–Crippen LogP) is 1.62. The Morgan fingerprint density at radius 2 is 1.73 bits per heavy atom. The van der Waals surface area contributed by atoms with Crippen molar-refractivity contribution in [2.24, 2.45) is 7.05 Å². The maximum absolute atomic E-state index is 12.6. The molecule has 1 aromatic heterocycles. The molecular weight excluding hydrogens is 330 g/mol. The van der Waals surface area contributed by atoms with Gasteiger partial charge >= 0.3 is 0 Å². The number of anilines is 1. The molecule has 0 saturated carbocycles. The lowest BCUT2D eigenvalue weighted by atomic mass is 10.1. The zero-order valence-electron chi connectivity index (χ0n) is 15.5. The molecule has 2 heterocycles. The van der Waals surface area contributed by atoms with Crippen LogP contribution in [0.1, 0.15) is 33.5 Å². The van der Waals surface area contributed by atoms with E-state index in [1.807, 2.05) is 11.8 Å². The minimum Gasteiger partial charge on any atom is -0.336 e. The van der Waals surface area contributed by atoms with Crippen LogP contribution >= 0.6 is 0 Å². The molecule has 1 aliphatic rings. The summed E-state index contributed by atoms with van der Waals surface area (Å²) in [5, 5.41) is 7.15. The highest BCUT2D eigenvalue weighted by molar-refractivity contribution is 6.03. The molecule has 0 bridgehead atoms. The number of amides is 2. The highest BCUT2D eigenvalue weighted by Gasteiger charge is 2.20. The number of nitrogens with one attached hydrogen (secondary N) is 1. The largest absolute Gasteiger partial charge is 0.336 e. The monoisotopic (exact) mass is 355 g/mol. The first-order valence-electron chi connectivity index (χ1n) is 8.90. The average molecular weight is 355 g/mol. The van der Waals surface area contributed by atoms with Gasteiger partial charge in [0.05, 0.1) is 5.69 Å². The zero-order valence-corrected chi connectivity index (χ0v) is 15.5. The maximum atomic E-state index is 12.6. The molecule has 0 spiro atoms. The van der Waals surface area contributed by atoms with Crippen molar-refractivity contribution in [3.63, 3.8) is 0 Å². The number of rotatable bonds is 4. The molecule has 138 valence electrons. The average Bonchev–Trinajstić information content (AvgIpc) is 3.03. The van der Waals surface area contributed by atoms with Crippen LogP contribution in [0.15, 0.2) is 30.3 Å². The highest BCUT2D eigenvalue weighted by atomic mass is 16.2. The quantitative estimate of drug-likeness (QED) is 0.905. The Hall–Kier alpha value is -2.67. The van der Waals surface area contributed by atoms with Crippen LogP contribution in [0.4, 0.5) is 5.69 Å². The van der Waals surface area contributed by atoms with Gasteiger partial charge in [0.1, 0.15) is 5.69 Å². The summed E-state index contributed by atoms with van der Waals surface area (Å²) in [5.74, 6) is -0.173. The Balaban J connectivity index is 1.64. The molecule has 2 amide bonds. The lowest BCUT2D eigenvalue weighted by Crippen LogP contribution is -2.47. The van der Waals surface area contributed by atoms with E-state index in [4.69, 9.17) is 0 Å². The number of hydrogen-bond acceptors (Lipinski definition) is 4. The van der Waals surface area contributed by atoms with Crippen LogP contribution in [0, 0.1) is 0 Å². The topological polar surface area (TPSA) is 70.5 Å². The summed E-state index contributed by atoms with van der Waals surface area (Å²) in [4.78, 5) is 29.0. The zero-order chi connectivity index (χ0) is 18.7. The van der Waals surface area contributed by atoms with E-state index in [1.54, 1.807) is 42.1 Å². The van der Waals surface area contributed by atoms with Gasteiger partial charge in [0.2, 0.25) is 0 Å². The van der Waals surface area contributed by atoms with Gasteiger partial charge in [-0.1, -0.05) is 6.92 Å². The lowest BCUT2D eigenvalue weighted by molar-refractivity contribution is 0.0664. The van der Waals surface area contributed by atoms with Gasteiger partial charge < -0.3 is 15.1 Å². The van der Waals surface area contributed by atoms with E-state index < -0.39 is 0 Å². The van der Waals surface area contributed by atoms with Crippen molar-refractivity contribution in [2.75, 3.05) is 38.5 Å². The van der Waals surface area contributed by atoms with E-state index >= 15 is 0 Å². The van der Waals surface area contributed by atoms with Crippen LogP contribution in [-0.2, 0) is 13.5 Å². The van der Waals surface area contributed by atoms with E-state index in [9.17, 15) is 9.59 Å². The SMILES string of the molecule is CCc1cc(C(=O)Nc2ccc(C(=O)N3CCN(C)CC3)cc2)n(C)n1. The molecule has 0 unspecified atom stereocenters. The van der Waals surface area contributed by atoms with Gasteiger partial charge in [-0.2, -0.15) is 5.10 Å². The van der Waals surface area contributed by atoms with Gasteiger partial charge in [0.25, 0.3) is 11.8 Å². The van der Waals surface area contributed by atoms with Crippen LogP contribution in [0.5, 0.6) is 0 Å². The summed E-state index contributed by atoms with van der Waals surface area (Å²) in [6, 6.07) is 8.84. The van der Waals surface area contributed by atoms with Gasteiger partial charge in [0, 0.05) is 44.5 Å². The highest BCUT2D eigenvalue weighted by Crippen LogP contribution is 2.14. The molecule has 0 aliphatic carbocycles. The molecule has 1 aromatic carbocycles. The Morgan fingerprint density at radius 3 is 2.31 bits per heavy atom. The Morgan fingerprint density at radius 1 is 1.08 bits per heavy atom. The van der Waals surface area contributed by atoms with Crippen LogP contribution in [0.25, 0.3) is 0 Å². The Kier molecular flexibility index (Phi) is 5.37. The molecule has 1 fully saturated rings. The van der Waals surface area contributed by atoms with E-state index in [-0.39, 0.29) is 11.8 Å². The van der Waals surface area contributed by atoms with Gasteiger partial charge in [-0.25, -0.2) is 0 Å². The fourth-order valence-corrected chi connectivity index (χ4v) is 3.00. The molecular formula is C19H25N5O2. The van der Waals surface area contributed by atoms with Crippen molar-refractivity contribution in [3.8, 4) is 0 Å². The molecule has 1 aliphatic heterocycles. The molecule has 3 rings (SSSR count). The van der Waals surface area contributed by atoms with E-state index in [0.29, 0.717) is 16.9 Å². The first-order valence-corrected chi connectivity index (χ1v) is 8.90. The van der Waals surface area contributed by atoms with Gasteiger partial charge in [-0.05, 0) is 43.8 Å². The molecule has 1 N–H and O–H groups in total. The first-order chi connectivity index (χ1) is 12.5. The minimum absolute atomic E-state index is 0.0372. The molecule has 0 atom stereocenters. The first kappa shape index (κ1) is 18.1. The normalized spacial score (nSPS) is 15.1. The van der Waals surface area contributed by atoms with E-state index in [1.165, 1.54) is 0 Å². The van der Waals surface area contributed by atoms with Crippen LogP contribution in [-0.4, -0.2) is 64.6 Å². The number of likely N-dealkylation sites (N-methyl/N-ethyl adjacent to an activating group) is 1. The lowest BCUT2D eigenvalue weighted by Gasteiger charge is -2.32. The van der Waals surface area contributed by atoms with Crippen LogP contribution in [0.3, 0.4) is 0 Å². The van der Waals surface area contributed by atoms with Crippen molar-refractivity contribution in [1.82, 2.24) is 19.6 Å². The standard InChI is InChI=1S/C19H25N5O2/c1-4-15-13-17(23(3)21-15)18(25)20-16-7-5-14(6-8-16)19(26)24-11-9-22(2)10-12-24/h5-8,13H,4,9-12H2,1-3H3,(H,20,25). The second-order valence-electron chi connectivity index (χ2n) is 6.63. The number of hydrogen-bond donors (Lipinski definition) is 1. The summed E-state index contributed by atoms with van der Waals surface area (Å²) in [7, 11) is 3.82. The molecule has 26 heavy (non-hydrogen) atoms. The van der Waals surface area contributed by atoms with Gasteiger partial charge in [-0.15, -0.1) is 0 Å². The number of aromatic nitrogens is 2. The number of benzene rings is 1. The third-order valence-electron chi connectivity index (χ3n) is 4.71. The Labute approximate surface area is 153 Å². The molecule has 7 nitrogen and oxygen atoms in total. The van der Waals surface area contributed by atoms with Gasteiger partial charge in [-0.3, -0.25) is 14.3 Å². The third-order valence-corrected chi connectivity index (χ3v) is 4.71. The molecule has 2 aromatic rings. The number of piperazine rings is 1. The fraction of sp³-hybridized carbons (Fsp3) is 0.421. The second kappa shape index (κ2) is 7.70. The summed E-state index contributed by atoms with van der Waals surface area (Å²) in [5.41, 5.74) is 2.69. The van der Waals surface area contributed by atoms with Crippen molar-refractivity contribution in [1.29, 1.82) is 0 Å². The summed E-state index contributed by atoms with van der Waals surface area (Å²) in [6.45, 7) is 5.27. The van der Waals surface area contributed by atoms with Crippen molar-refractivity contribution >= 4 is 17.5 Å². The smallest absolute Gasteiger partial charge is 0.273 e. The van der Waals surface area contributed by atoms with Crippen LogP contribution < -0.4 is 5.32 Å². The molecule has 1 saturated heterocycles. The summed E-state index contributed by atoms with van der Waals surface area (Å²) in [6.07, 6.45) is 0.782. The summed E-state index contributed by atoms with van der Waals surface area (Å²) >= 11 is 0. The fourth-order valence-electron chi connectivity index (χ4n) is 3.00. The van der Waals surface area contributed by atoms with Crippen molar-refractivity contribution < 1.29 is 9.59 Å². The van der Waals surface area contributed by atoms with Gasteiger partial charge in [0.15, 0.2) is 0 Å². The van der Waals surface area contributed by atoms with Crippen molar-refractivity contribution in [3.05, 3.63) is 47.3 Å². The van der Waals surface area contributed by atoms with Crippen LogP contribution in [0.2, 0.25) is 0 Å². The molecule has 0 radical (unpaired) electrons.